The van der Waals surface area contributed by atoms with Gasteiger partial charge in [-0.1, -0.05) is 24.6 Å². The summed E-state index contributed by atoms with van der Waals surface area (Å²) in [6, 6.07) is 13.8. The molecule has 1 amide bonds. The van der Waals surface area contributed by atoms with E-state index in [0.29, 0.717) is 31.0 Å². The van der Waals surface area contributed by atoms with Crippen molar-refractivity contribution in [3.63, 3.8) is 0 Å². The highest BCUT2D eigenvalue weighted by molar-refractivity contribution is 5.97. The molecule has 0 unspecified atom stereocenters. The van der Waals surface area contributed by atoms with Crippen LogP contribution in [0.2, 0.25) is 0 Å². The van der Waals surface area contributed by atoms with E-state index in [9.17, 15) is 4.79 Å². The normalized spacial score (nSPS) is 17.4. The van der Waals surface area contributed by atoms with Crippen molar-refractivity contribution in [2.75, 3.05) is 33.4 Å². The third kappa shape index (κ3) is 4.14. The number of piperidine rings is 1. The summed E-state index contributed by atoms with van der Waals surface area (Å²) < 4.78 is 11.3. The first kappa shape index (κ1) is 18.8. The van der Waals surface area contributed by atoms with E-state index in [2.05, 4.69) is 23.1 Å². The molecule has 2 heterocycles. The van der Waals surface area contributed by atoms with E-state index in [1.165, 1.54) is 37.9 Å². The highest BCUT2D eigenvalue weighted by Crippen LogP contribution is 2.27. The van der Waals surface area contributed by atoms with E-state index < -0.39 is 0 Å². The lowest BCUT2D eigenvalue weighted by Gasteiger charge is -2.26. The topological polar surface area (TPSA) is 42.0 Å². The van der Waals surface area contributed by atoms with E-state index in [4.69, 9.17) is 9.47 Å². The first-order valence-corrected chi connectivity index (χ1v) is 10.1. The zero-order valence-corrected chi connectivity index (χ0v) is 16.5. The summed E-state index contributed by atoms with van der Waals surface area (Å²) in [7, 11) is 1.60. The minimum Gasteiger partial charge on any atom is -0.496 e. The molecule has 0 spiro atoms. The summed E-state index contributed by atoms with van der Waals surface area (Å²) in [4.78, 5) is 17.5. The van der Waals surface area contributed by atoms with Gasteiger partial charge >= 0.3 is 0 Å². The van der Waals surface area contributed by atoms with Gasteiger partial charge in [-0.05, 0) is 55.8 Å². The van der Waals surface area contributed by atoms with Crippen LogP contribution < -0.4 is 9.47 Å². The summed E-state index contributed by atoms with van der Waals surface area (Å²) in [6.07, 6.45) is 3.92. The summed E-state index contributed by atoms with van der Waals surface area (Å²) in [5.74, 6) is 1.48. The number of carbonyl (C=O) groups excluding carboxylic acids is 1. The van der Waals surface area contributed by atoms with Gasteiger partial charge in [-0.3, -0.25) is 9.69 Å². The van der Waals surface area contributed by atoms with Gasteiger partial charge in [0.15, 0.2) is 0 Å². The van der Waals surface area contributed by atoms with Gasteiger partial charge in [0.05, 0.1) is 19.2 Å². The Morgan fingerprint density at radius 2 is 1.89 bits per heavy atom. The number of benzene rings is 2. The Labute approximate surface area is 166 Å². The van der Waals surface area contributed by atoms with Crippen molar-refractivity contribution in [1.29, 1.82) is 0 Å². The molecule has 2 aliphatic heterocycles. The molecule has 1 fully saturated rings. The highest BCUT2D eigenvalue weighted by Gasteiger charge is 2.23. The molecule has 0 aromatic heterocycles. The van der Waals surface area contributed by atoms with E-state index in [1.54, 1.807) is 7.11 Å². The third-order valence-corrected chi connectivity index (χ3v) is 5.58. The fraction of sp³-hybridized carbons (Fsp3) is 0.435. The lowest BCUT2D eigenvalue weighted by atomic mass is 10.1. The van der Waals surface area contributed by atoms with Crippen LogP contribution in [-0.2, 0) is 13.1 Å². The molecular weight excluding hydrogens is 352 g/mol. The van der Waals surface area contributed by atoms with E-state index >= 15 is 0 Å². The maximum Gasteiger partial charge on any atom is 0.258 e. The van der Waals surface area contributed by atoms with Gasteiger partial charge < -0.3 is 14.4 Å². The zero-order valence-electron chi connectivity index (χ0n) is 16.5. The van der Waals surface area contributed by atoms with Gasteiger partial charge in [-0.15, -0.1) is 0 Å². The highest BCUT2D eigenvalue weighted by atomic mass is 16.5. The maximum absolute atomic E-state index is 13.1. The Balaban J connectivity index is 1.53. The second-order valence-corrected chi connectivity index (χ2v) is 7.55. The third-order valence-electron chi connectivity index (χ3n) is 5.58. The number of amides is 1. The van der Waals surface area contributed by atoms with Crippen LogP contribution in [0.1, 0.15) is 40.7 Å². The molecule has 2 aliphatic rings. The van der Waals surface area contributed by atoms with Crippen LogP contribution >= 0.6 is 0 Å². The fourth-order valence-electron chi connectivity index (χ4n) is 4.09. The molecule has 2 aromatic carbocycles. The number of likely N-dealkylation sites (tertiary alicyclic amines) is 1. The molecule has 4 rings (SSSR count). The lowest BCUT2D eigenvalue weighted by molar-refractivity contribution is 0.0730. The molecule has 5 heteroatoms. The molecule has 1 saturated heterocycles. The van der Waals surface area contributed by atoms with Crippen molar-refractivity contribution >= 4 is 5.91 Å². The number of fused-ring (bicyclic) bond motifs is 1. The van der Waals surface area contributed by atoms with Gasteiger partial charge in [-0.2, -0.15) is 0 Å². The lowest BCUT2D eigenvalue weighted by Crippen LogP contribution is -2.32. The van der Waals surface area contributed by atoms with Crippen LogP contribution in [0, 0.1) is 0 Å². The summed E-state index contributed by atoms with van der Waals surface area (Å²) in [5, 5.41) is 0. The Kier molecular flexibility index (Phi) is 5.81. The van der Waals surface area contributed by atoms with E-state index in [0.717, 1.165) is 17.9 Å². The van der Waals surface area contributed by atoms with Gasteiger partial charge in [-0.25, -0.2) is 0 Å². The second kappa shape index (κ2) is 8.65. The molecule has 0 saturated carbocycles. The minimum atomic E-state index is -0.0182. The van der Waals surface area contributed by atoms with Crippen LogP contribution in [-0.4, -0.2) is 49.1 Å². The number of para-hydroxylation sites is 1. The summed E-state index contributed by atoms with van der Waals surface area (Å²) in [6.45, 7) is 4.93. The van der Waals surface area contributed by atoms with Crippen LogP contribution in [0.25, 0.3) is 0 Å². The largest absolute Gasteiger partial charge is 0.496 e. The van der Waals surface area contributed by atoms with Crippen LogP contribution in [0.5, 0.6) is 11.5 Å². The molecule has 2 aromatic rings. The number of hydrogen-bond donors (Lipinski definition) is 0. The first-order valence-electron chi connectivity index (χ1n) is 10.1. The van der Waals surface area contributed by atoms with Crippen molar-refractivity contribution in [1.82, 2.24) is 9.80 Å². The molecular formula is C23H28N2O3. The molecule has 0 N–H and O–H groups in total. The summed E-state index contributed by atoms with van der Waals surface area (Å²) in [5.41, 5.74) is 2.96. The van der Waals surface area contributed by atoms with Crippen LogP contribution in [0.15, 0.2) is 42.5 Å². The Morgan fingerprint density at radius 3 is 2.71 bits per heavy atom. The Hall–Kier alpha value is -2.53. The van der Waals surface area contributed by atoms with Gasteiger partial charge in [0.2, 0.25) is 0 Å². The van der Waals surface area contributed by atoms with E-state index in [-0.39, 0.29) is 5.91 Å². The molecule has 0 bridgehead atoms. The maximum atomic E-state index is 13.1. The number of nitrogens with zero attached hydrogens (tertiary/aromatic N) is 2. The molecule has 0 aliphatic carbocycles. The predicted molar refractivity (Wildman–Crippen MR) is 109 cm³/mol. The van der Waals surface area contributed by atoms with Crippen molar-refractivity contribution in [2.45, 2.75) is 32.4 Å². The van der Waals surface area contributed by atoms with Crippen LogP contribution in [0.4, 0.5) is 0 Å². The number of carbonyl (C=O) groups is 1. The standard InChI is InChI=1S/C23H28N2O3/c1-27-22-8-4-3-7-20(22)23(26)25-13-14-28-21-10-9-18(15-19(21)17-25)16-24-11-5-2-6-12-24/h3-4,7-10,15H,2,5-6,11-14,16-17H2,1H3. The van der Waals surface area contributed by atoms with Gasteiger partial charge in [0.25, 0.3) is 5.91 Å². The molecule has 5 nitrogen and oxygen atoms in total. The SMILES string of the molecule is COc1ccccc1C(=O)N1CCOc2ccc(CN3CCCCC3)cc2C1. The monoisotopic (exact) mass is 380 g/mol. The number of rotatable bonds is 4. The number of methoxy groups -OCH3 is 1. The smallest absolute Gasteiger partial charge is 0.258 e. The zero-order chi connectivity index (χ0) is 19.3. The average Bonchev–Trinajstić information content (AvgIpc) is 2.96. The van der Waals surface area contributed by atoms with Gasteiger partial charge in [0.1, 0.15) is 18.1 Å². The van der Waals surface area contributed by atoms with E-state index in [1.807, 2.05) is 29.2 Å². The Morgan fingerprint density at radius 1 is 1.07 bits per heavy atom. The predicted octanol–water partition coefficient (Wildman–Crippen LogP) is 3.72. The fourth-order valence-corrected chi connectivity index (χ4v) is 4.09. The van der Waals surface area contributed by atoms with Gasteiger partial charge in [0, 0.05) is 18.7 Å². The molecule has 28 heavy (non-hydrogen) atoms. The quantitative estimate of drug-likeness (QED) is 0.811. The Bertz CT molecular complexity index is 830. The summed E-state index contributed by atoms with van der Waals surface area (Å²) >= 11 is 0. The van der Waals surface area contributed by atoms with Crippen molar-refractivity contribution in [3.8, 4) is 11.5 Å². The van der Waals surface area contributed by atoms with Crippen LogP contribution in [0.3, 0.4) is 0 Å². The van der Waals surface area contributed by atoms with Crippen molar-refractivity contribution in [3.05, 3.63) is 59.2 Å². The average molecular weight is 380 g/mol. The minimum absolute atomic E-state index is 0.0182. The number of hydrogen-bond acceptors (Lipinski definition) is 4. The molecule has 148 valence electrons. The first-order chi connectivity index (χ1) is 13.7. The van der Waals surface area contributed by atoms with Crippen molar-refractivity contribution < 1.29 is 14.3 Å². The molecule has 0 radical (unpaired) electrons. The number of ether oxygens (including phenoxy) is 2. The molecule has 0 atom stereocenters. The van der Waals surface area contributed by atoms with Crippen molar-refractivity contribution in [2.24, 2.45) is 0 Å². The second-order valence-electron chi connectivity index (χ2n) is 7.55.